The van der Waals surface area contributed by atoms with Gasteiger partial charge in [0, 0.05) is 79.8 Å². The molecule has 0 spiro atoms. The van der Waals surface area contributed by atoms with Crippen LogP contribution in [0.15, 0.2) is 88.8 Å². The lowest BCUT2D eigenvalue weighted by molar-refractivity contribution is -0.138. The van der Waals surface area contributed by atoms with Gasteiger partial charge in [-0.05, 0) is 73.1 Å². The van der Waals surface area contributed by atoms with E-state index < -0.39 is 17.3 Å². The Hall–Kier alpha value is -5.03. The molecule has 5 heterocycles. The highest BCUT2D eigenvalue weighted by molar-refractivity contribution is 6.04. The van der Waals surface area contributed by atoms with Gasteiger partial charge in [-0.2, -0.15) is 13.2 Å². The maximum absolute atomic E-state index is 14.8. The summed E-state index contributed by atoms with van der Waals surface area (Å²) in [5.74, 6) is -0.102. The molecule has 3 aliphatic heterocycles. The van der Waals surface area contributed by atoms with Crippen LogP contribution in [-0.4, -0.2) is 78.1 Å². The van der Waals surface area contributed by atoms with Crippen LogP contribution in [0.5, 0.6) is 0 Å². The number of halogens is 3. The van der Waals surface area contributed by atoms with Crippen molar-refractivity contribution < 1.29 is 18.0 Å². The van der Waals surface area contributed by atoms with Crippen LogP contribution in [-0.2, 0) is 11.0 Å². The minimum absolute atomic E-state index is 0.00875. The summed E-state index contributed by atoms with van der Waals surface area (Å²) in [6.07, 6.45) is 0.142. The number of amides is 1. The number of likely N-dealkylation sites (N-methyl/N-ethyl adjacent to an activating group) is 1. The molecule has 3 aromatic carbocycles. The molecule has 0 N–H and O–H groups in total. The number of piperazine rings is 1. The van der Waals surface area contributed by atoms with Gasteiger partial charge >= 0.3 is 6.18 Å². The first kappa shape index (κ1) is 32.2. The van der Waals surface area contributed by atoms with Crippen LogP contribution in [0, 0.1) is 5.92 Å². The van der Waals surface area contributed by atoms with Crippen LogP contribution in [0.1, 0.15) is 29.9 Å². The van der Waals surface area contributed by atoms with Crippen molar-refractivity contribution in [3.63, 3.8) is 0 Å². The van der Waals surface area contributed by atoms with Gasteiger partial charge in [0.2, 0.25) is 5.91 Å². The van der Waals surface area contributed by atoms with Crippen LogP contribution >= 0.6 is 0 Å². The number of benzene rings is 3. The summed E-state index contributed by atoms with van der Waals surface area (Å²) in [5, 5.41) is 3.30. The number of hydrogen-bond acceptors (Lipinski definition) is 6. The van der Waals surface area contributed by atoms with Gasteiger partial charge in [-0.25, -0.2) is 0 Å². The van der Waals surface area contributed by atoms with Crippen molar-refractivity contribution in [1.29, 1.82) is 0 Å². The molecule has 1 unspecified atom stereocenters. The van der Waals surface area contributed by atoms with Gasteiger partial charge in [-0.3, -0.25) is 24.1 Å². The fourth-order valence-corrected chi connectivity index (χ4v) is 7.67. The Labute approximate surface area is 286 Å². The number of carbonyl (C=O) groups is 1. The normalized spacial score (nSPS) is 18.9. The number of carbonyl (C=O) groups excluding carboxylic acids is 1. The van der Waals surface area contributed by atoms with Gasteiger partial charge in [-0.1, -0.05) is 30.3 Å². The lowest BCUT2D eigenvalue weighted by atomic mass is 9.94. The zero-order valence-electron chi connectivity index (χ0n) is 27.7. The fourth-order valence-electron chi connectivity index (χ4n) is 7.67. The summed E-state index contributed by atoms with van der Waals surface area (Å²) >= 11 is 0. The Balaban J connectivity index is 1.15. The third-order valence-corrected chi connectivity index (χ3v) is 10.5. The van der Waals surface area contributed by atoms with Gasteiger partial charge in [0.25, 0.3) is 5.56 Å². The van der Waals surface area contributed by atoms with Crippen molar-refractivity contribution in [2.75, 3.05) is 57.8 Å². The van der Waals surface area contributed by atoms with E-state index in [1.54, 1.807) is 23.2 Å². The average Bonchev–Trinajstić information content (AvgIpc) is 3.14. The second-order valence-corrected chi connectivity index (χ2v) is 13.6. The van der Waals surface area contributed by atoms with E-state index >= 15 is 0 Å². The van der Waals surface area contributed by atoms with Crippen LogP contribution in [0.4, 0.5) is 18.9 Å². The summed E-state index contributed by atoms with van der Waals surface area (Å²) in [4.78, 5) is 41.9. The number of hydrogen-bond donors (Lipinski definition) is 0. The van der Waals surface area contributed by atoms with E-state index in [0.29, 0.717) is 67.4 Å². The number of anilines is 1. The van der Waals surface area contributed by atoms with E-state index in [-0.39, 0.29) is 29.1 Å². The molecule has 8 rings (SSSR count). The number of rotatable bonds is 4. The molecule has 0 bridgehead atoms. The predicted molar refractivity (Wildman–Crippen MR) is 188 cm³/mol. The predicted octanol–water partition coefficient (Wildman–Crippen LogP) is 4.75. The first-order chi connectivity index (χ1) is 24.1. The molecule has 0 aliphatic carbocycles. The Kier molecular flexibility index (Phi) is 8.17. The van der Waals surface area contributed by atoms with Crippen LogP contribution < -0.4 is 21.0 Å². The number of aromatic nitrogens is 2. The number of alkyl halides is 3. The largest absolute Gasteiger partial charge is 0.418 e. The van der Waals surface area contributed by atoms with E-state index in [2.05, 4.69) is 16.0 Å². The molecule has 256 valence electrons. The zero-order valence-corrected chi connectivity index (χ0v) is 27.7. The number of nitrogens with zero attached hydrogens (tertiary/aromatic N) is 6. The van der Waals surface area contributed by atoms with Crippen molar-refractivity contribution in [1.82, 2.24) is 19.4 Å². The number of pyridine rings is 2. The van der Waals surface area contributed by atoms with Crippen LogP contribution in [0.25, 0.3) is 33.6 Å². The quantitative estimate of drug-likeness (QED) is 0.257. The number of fused-ring (bicyclic) bond motifs is 4. The second-order valence-electron chi connectivity index (χ2n) is 13.6. The fraction of sp³-hybridized carbons (Fsp3) is 0.333. The van der Waals surface area contributed by atoms with Gasteiger partial charge < -0.3 is 14.7 Å². The molecule has 0 radical (unpaired) electrons. The molecule has 2 fully saturated rings. The molecule has 1 atom stereocenters. The SMILES string of the molecule is CN1CCN(C(=O)C2CCN(c3ccc(-n4c(=O)ccc5cnc6ccc(C7C=c8ccccc8=NC7)cc6c54)cc3C(F)(F)F)CC2)CC1. The van der Waals surface area contributed by atoms with Crippen LogP contribution in [0.3, 0.4) is 0 Å². The number of piperidine rings is 1. The smallest absolute Gasteiger partial charge is 0.371 e. The Bertz CT molecular complexity index is 2300. The van der Waals surface area contributed by atoms with Gasteiger partial charge in [0.05, 0.1) is 34.2 Å². The summed E-state index contributed by atoms with van der Waals surface area (Å²) in [6, 6.07) is 21.0. The first-order valence-corrected chi connectivity index (χ1v) is 17.1. The summed E-state index contributed by atoms with van der Waals surface area (Å²) in [7, 11) is 2.03. The van der Waals surface area contributed by atoms with Crippen molar-refractivity contribution in [2.24, 2.45) is 10.9 Å². The first-order valence-electron chi connectivity index (χ1n) is 17.1. The molecule has 8 nitrogen and oxygen atoms in total. The van der Waals surface area contributed by atoms with Crippen molar-refractivity contribution >= 4 is 39.5 Å². The Morgan fingerprint density at radius 2 is 1.66 bits per heavy atom. The summed E-state index contributed by atoms with van der Waals surface area (Å²) in [6.45, 7) is 4.25. The van der Waals surface area contributed by atoms with E-state index in [1.807, 2.05) is 54.4 Å². The van der Waals surface area contributed by atoms with Crippen LogP contribution in [0.2, 0.25) is 0 Å². The van der Waals surface area contributed by atoms with E-state index in [9.17, 15) is 22.8 Å². The molecule has 5 aromatic rings. The van der Waals surface area contributed by atoms with Gasteiger partial charge in [0.1, 0.15) is 0 Å². The van der Waals surface area contributed by atoms with E-state index in [4.69, 9.17) is 4.99 Å². The van der Waals surface area contributed by atoms with Crippen molar-refractivity contribution in [3.8, 4) is 5.69 Å². The molecule has 2 aromatic heterocycles. The molecular formula is C39H37F3N6O2. The van der Waals surface area contributed by atoms with E-state index in [0.717, 1.165) is 35.3 Å². The topological polar surface area (TPSA) is 74.0 Å². The third-order valence-electron chi connectivity index (χ3n) is 10.5. The monoisotopic (exact) mass is 678 g/mol. The minimum Gasteiger partial charge on any atom is -0.371 e. The lowest BCUT2D eigenvalue weighted by Crippen LogP contribution is -2.50. The second kappa shape index (κ2) is 12.7. The standard InChI is InChI=1S/C39H37F3N6O2/c1-45-16-18-47(19-17-45)38(50)25-12-14-46(15-13-25)35-10-8-30(22-32(35)39(40,41)42)48-36(49)11-7-28-23-44-34-9-6-26(21-31(34)37(28)48)29-20-27-4-2-3-5-33(27)43-24-29/h2-11,20-23,25,29H,12-19,24H2,1H3. The Morgan fingerprint density at radius 1 is 0.880 bits per heavy atom. The molecular weight excluding hydrogens is 641 g/mol. The van der Waals surface area contributed by atoms with E-state index in [1.165, 1.54) is 16.7 Å². The zero-order chi connectivity index (χ0) is 34.6. The highest BCUT2D eigenvalue weighted by Gasteiger charge is 2.37. The Morgan fingerprint density at radius 3 is 2.44 bits per heavy atom. The molecule has 1 amide bonds. The van der Waals surface area contributed by atoms with Gasteiger partial charge in [0.15, 0.2) is 0 Å². The highest BCUT2D eigenvalue weighted by atomic mass is 19.4. The third kappa shape index (κ3) is 5.93. The molecule has 50 heavy (non-hydrogen) atoms. The maximum Gasteiger partial charge on any atom is 0.418 e. The minimum atomic E-state index is -4.67. The van der Waals surface area contributed by atoms with Crippen molar-refractivity contribution in [2.45, 2.75) is 24.9 Å². The average molecular weight is 679 g/mol. The highest BCUT2D eigenvalue weighted by Crippen LogP contribution is 2.40. The maximum atomic E-state index is 14.8. The molecule has 0 saturated carbocycles. The lowest BCUT2D eigenvalue weighted by Gasteiger charge is -2.38. The molecule has 3 aliphatic rings. The summed E-state index contributed by atoms with van der Waals surface area (Å²) in [5.41, 5.74) is 1.06. The van der Waals surface area contributed by atoms with Crippen molar-refractivity contribution in [3.05, 3.63) is 111 Å². The molecule has 11 heteroatoms. The molecule has 2 saturated heterocycles. The van der Waals surface area contributed by atoms with Gasteiger partial charge in [-0.15, -0.1) is 0 Å². The number of para-hydroxylation sites is 1. The summed E-state index contributed by atoms with van der Waals surface area (Å²) < 4.78 is 45.8.